The lowest BCUT2D eigenvalue weighted by atomic mass is 10.1. The summed E-state index contributed by atoms with van der Waals surface area (Å²) < 4.78 is 12.3. The van der Waals surface area contributed by atoms with Crippen molar-refractivity contribution in [2.75, 3.05) is 24.7 Å². The summed E-state index contributed by atoms with van der Waals surface area (Å²) in [4.78, 5) is 33.6. The highest BCUT2D eigenvalue weighted by Gasteiger charge is 2.18. The summed E-state index contributed by atoms with van der Waals surface area (Å²) in [5.41, 5.74) is 15.9. The van der Waals surface area contributed by atoms with Crippen LogP contribution < -0.4 is 11.5 Å². The van der Waals surface area contributed by atoms with Crippen LogP contribution in [0, 0.1) is 0 Å². The van der Waals surface area contributed by atoms with Gasteiger partial charge in [-0.25, -0.2) is 24.6 Å². The average Bonchev–Trinajstić information content (AvgIpc) is 3.43. The third kappa shape index (κ3) is 4.84. The van der Waals surface area contributed by atoms with E-state index in [1.54, 1.807) is 23.1 Å². The maximum Gasteiger partial charge on any atom is 0.292 e. The average molecular weight is 488 g/mol. The Kier molecular flexibility index (Phi) is 6.50. The van der Waals surface area contributed by atoms with Gasteiger partial charge in [-0.05, 0) is 25.1 Å². The van der Waals surface area contributed by atoms with Gasteiger partial charge in [-0.2, -0.15) is 10.1 Å². The second-order valence-electron chi connectivity index (χ2n) is 8.19. The summed E-state index contributed by atoms with van der Waals surface area (Å²) in [6.07, 6.45) is 6.14. The van der Waals surface area contributed by atoms with E-state index in [2.05, 4.69) is 24.9 Å². The Morgan fingerprint density at radius 1 is 1.11 bits per heavy atom. The van der Waals surface area contributed by atoms with Crippen molar-refractivity contribution >= 4 is 39.7 Å². The Balaban J connectivity index is 1.37. The van der Waals surface area contributed by atoms with E-state index in [-0.39, 0.29) is 11.8 Å². The van der Waals surface area contributed by atoms with Gasteiger partial charge in [0.05, 0.1) is 18.5 Å². The molecular weight excluding hydrogens is 462 g/mol. The molecule has 12 heteroatoms. The molecule has 0 aliphatic rings. The van der Waals surface area contributed by atoms with Gasteiger partial charge >= 0.3 is 0 Å². The molecular formula is C24H25N9O3. The van der Waals surface area contributed by atoms with Crippen LogP contribution in [0.4, 0.5) is 11.8 Å². The van der Waals surface area contributed by atoms with E-state index in [1.165, 1.54) is 6.33 Å². The number of Topliss-reactive ketones (excluding diaryl/α,β-unsaturated/α-hetero) is 1. The van der Waals surface area contributed by atoms with Gasteiger partial charge in [-0.1, -0.05) is 0 Å². The number of aryl methyl sites for hydroxylation is 1. The Bertz CT molecular complexity index is 1530. The van der Waals surface area contributed by atoms with Gasteiger partial charge in [0.15, 0.2) is 11.2 Å². The van der Waals surface area contributed by atoms with Crippen LogP contribution in [0.2, 0.25) is 0 Å². The van der Waals surface area contributed by atoms with Gasteiger partial charge in [0, 0.05) is 49.4 Å². The molecule has 184 valence electrons. The fourth-order valence-electron chi connectivity index (χ4n) is 3.91. The normalized spacial score (nSPS) is 11.5. The number of carbonyl (C=O) groups excluding carboxylic acids is 1. The first kappa shape index (κ1) is 23.3. The first-order valence-electron chi connectivity index (χ1n) is 11.5. The molecule has 4 heterocycles. The predicted molar refractivity (Wildman–Crippen MR) is 133 cm³/mol. The van der Waals surface area contributed by atoms with Crippen LogP contribution in [-0.4, -0.2) is 53.7 Å². The number of aromatic nitrogens is 7. The van der Waals surface area contributed by atoms with Gasteiger partial charge in [0.1, 0.15) is 35.0 Å². The second kappa shape index (κ2) is 10.0. The molecule has 5 aromatic rings. The SMILES string of the molecule is CCOCCC(=O)CCc1ncc(Cn2nc(-c3ccc4oc(N)nc4c3)c3c(N)ncnc32)cn1. The summed E-state index contributed by atoms with van der Waals surface area (Å²) in [6, 6.07) is 5.58. The highest BCUT2D eigenvalue weighted by atomic mass is 16.5. The minimum Gasteiger partial charge on any atom is -0.424 e. The highest BCUT2D eigenvalue weighted by molar-refractivity contribution is 5.99. The van der Waals surface area contributed by atoms with Crippen molar-refractivity contribution < 1.29 is 13.9 Å². The largest absolute Gasteiger partial charge is 0.424 e. The smallest absolute Gasteiger partial charge is 0.292 e. The second-order valence-corrected chi connectivity index (χ2v) is 8.19. The molecule has 0 unspecified atom stereocenters. The third-order valence-corrected chi connectivity index (χ3v) is 5.68. The van der Waals surface area contributed by atoms with Crippen LogP contribution in [-0.2, 0) is 22.5 Å². The lowest BCUT2D eigenvalue weighted by molar-refractivity contribution is -0.120. The minimum absolute atomic E-state index is 0.0960. The predicted octanol–water partition coefficient (Wildman–Crippen LogP) is 2.57. The number of anilines is 2. The van der Waals surface area contributed by atoms with Crippen LogP contribution in [0.25, 0.3) is 33.4 Å². The summed E-state index contributed by atoms with van der Waals surface area (Å²) in [7, 11) is 0. The van der Waals surface area contributed by atoms with Gasteiger partial charge in [-0.3, -0.25) is 4.79 Å². The van der Waals surface area contributed by atoms with Gasteiger partial charge in [0.2, 0.25) is 0 Å². The van der Waals surface area contributed by atoms with Crippen LogP contribution in [0.3, 0.4) is 0 Å². The Labute approximate surface area is 205 Å². The molecule has 0 bridgehead atoms. The Morgan fingerprint density at radius 2 is 1.94 bits per heavy atom. The van der Waals surface area contributed by atoms with E-state index < -0.39 is 0 Å². The van der Waals surface area contributed by atoms with Crippen molar-refractivity contribution in [1.29, 1.82) is 0 Å². The third-order valence-electron chi connectivity index (χ3n) is 5.68. The van der Waals surface area contributed by atoms with Crippen molar-refractivity contribution in [2.45, 2.75) is 32.7 Å². The molecule has 0 amide bonds. The number of rotatable bonds is 10. The molecule has 5 rings (SSSR count). The minimum atomic E-state index is 0.0960. The van der Waals surface area contributed by atoms with Gasteiger partial charge in [-0.15, -0.1) is 0 Å². The molecule has 12 nitrogen and oxygen atoms in total. The highest BCUT2D eigenvalue weighted by Crippen LogP contribution is 2.32. The van der Waals surface area contributed by atoms with E-state index in [1.807, 2.05) is 19.1 Å². The van der Waals surface area contributed by atoms with Crippen molar-refractivity contribution in [1.82, 2.24) is 34.7 Å². The first-order chi connectivity index (χ1) is 17.5. The fourth-order valence-corrected chi connectivity index (χ4v) is 3.91. The number of hydrogen-bond donors (Lipinski definition) is 2. The number of ketones is 1. The van der Waals surface area contributed by atoms with Crippen LogP contribution >= 0.6 is 0 Å². The Hall–Kier alpha value is -4.45. The van der Waals surface area contributed by atoms with Crippen molar-refractivity contribution in [3.8, 4) is 11.3 Å². The lowest BCUT2D eigenvalue weighted by Crippen LogP contribution is -2.08. The molecule has 0 aliphatic carbocycles. The number of ether oxygens (including phenoxy) is 1. The zero-order valence-corrected chi connectivity index (χ0v) is 19.7. The van der Waals surface area contributed by atoms with Crippen LogP contribution in [0.1, 0.15) is 31.2 Å². The van der Waals surface area contributed by atoms with Gasteiger partial charge in [0.25, 0.3) is 6.01 Å². The molecule has 0 radical (unpaired) electrons. The molecule has 0 spiro atoms. The number of hydrogen-bond acceptors (Lipinski definition) is 11. The van der Waals surface area contributed by atoms with Crippen LogP contribution in [0.5, 0.6) is 0 Å². The van der Waals surface area contributed by atoms with E-state index in [9.17, 15) is 4.79 Å². The van der Waals surface area contributed by atoms with Crippen molar-refractivity contribution in [2.24, 2.45) is 0 Å². The number of oxazole rings is 1. The lowest BCUT2D eigenvalue weighted by Gasteiger charge is -2.05. The van der Waals surface area contributed by atoms with Gasteiger partial charge < -0.3 is 20.6 Å². The van der Waals surface area contributed by atoms with E-state index >= 15 is 0 Å². The quantitative estimate of drug-likeness (QED) is 0.277. The molecule has 36 heavy (non-hydrogen) atoms. The number of carbonyl (C=O) groups is 1. The zero-order valence-electron chi connectivity index (χ0n) is 19.7. The molecule has 4 N–H and O–H groups in total. The molecule has 0 atom stereocenters. The Morgan fingerprint density at radius 3 is 2.75 bits per heavy atom. The first-order valence-corrected chi connectivity index (χ1v) is 11.5. The maximum absolute atomic E-state index is 12.0. The van der Waals surface area contributed by atoms with E-state index in [4.69, 9.17) is 25.7 Å². The number of nitrogens with zero attached hydrogens (tertiary/aromatic N) is 7. The molecule has 0 saturated heterocycles. The molecule has 0 fully saturated rings. The summed E-state index contributed by atoms with van der Waals surface area (Å²) in [5, 5.41) is 5.41. The number of fused-ring (bicyclic) bond motifs is 2. The number of nitrogen functional groups attached to an aromatic ring is 2. The fraction of sp³-hybridized carbons (Fsp3) is 0.292. The molecule has 4 aromatic heterocycles. The standard InChI is InChI=1S/C24H25N9O3/c1-2-35-8-7-16(34)4-6-19-27-10-14(11-28-19)12-33-23-20(22(25)29-13-30-23)21(32-33)15-3-5-18-17(9-15)31-24(26)36-18/h3,5,9-11,13H,2,4,6-8,12H2,1H3,(H2,26,31)(H2,25,29,30). The summed E-state index contributed by atoms with van der Waals surface area (Å²) in [6.45, 7) is 3.33. The topological polar surface area (TPSA) is 174 Å². The molecule has 0 aliphatic heterocycles. The monoisotopic (exact) mass is 487 g/mol. The van der Waals surface area contributed by atoms with Crippen LogP contribution in [0.15, 0.2) is 41.3 Å². The van der Waals surface area contributed by atoms with E-state index in [0.717, 1.165) is 11.1 Å². The van der Waals surface area contributed by atoms with Crippen molar-refractivity contribution in [3.63, 3.8) is 0 Å². The zero-order chi connectivity index (χ0) is 25.1. The van der Waals surface area contributed by atoms with Crippen molar-refractivity contribution in [3.05, 3.63) is 48.3 Å². The maximum atomic E-state index is 12.0. The summed E-state index contributed by atoms with van der Waals surface area (Å²) >= 11 is 0. The summed E-state index contributed by atoms with van der Waals surface area (Å²) in [5.74, 6) is 1.07. The molecule has 0 saturated carbocycles. The van der Waals surface area contributed by atoms with E-state index in [0.29, 0.717) is 78.5 Å². The number of benzene rings is 1. The number of nitrogens with two attached hydrogens (primary N) is 2. The molecule has 1 aromatic carbocycles.